The highest BCUT2D eigenvalue weighted by molar-refractivity contribution is 5.81. The fraction of sp³-hybridized carbons (Fsp3) is 0.417. The molecule has 1 amide bonds. The number of rotatable bonds is 5. The molecule has 16 heavy (non-hydrogen) atoms. The summed E-state index contributed by atoms with van der Waals surface area (Å²) in [6.07, 6.45) is 0. The van der Waals surface area contributed by atoms with Crippen molar-refractivity contribution >= 4 is 11.6 Å². The number of aliphatic hydroxyl groups excluding tert-OH is 1. The molecular weight excluding hydrogens is 204 g/mol. The second-order valence-electron chi connectivity index (χ2n) is 3.77. The summed E-state index contributed by atoms with van der Waals surface area (Å²) < 4.78 is 0. The number of aliphatic hydroxyl groups is 1. The van der Waals surface area contributed by atoms with Crippen LogP contribution in [-0.4, -0.2) is 37.8 Å². The number of anilines is 1. The zero-order valence-corrected chi connectivity index (χ0v) is 9.73. The zero-order chi connectivity index (χ0) is 12.0. The largest absolute Gasteiger partial charge is 0.395 e. The van der Waals surface area contributed by atoms with Gasteiger partial charge in [0.05, 0.1) is 13.2 Å². The van der Waals surface area contributed by atoms with Crippen LogP contribution in [0.2, 0.25) is 0 Å². The average Bonchev–Trinajstić information content (AvgIpc) is 2.27. The summed E-state index contributed by atoms with van der Waals surface area (Å²) in [4.78, 5) is 13.3. The Balaban J connectivity index is 2.48. The Labute approximate surface area is 95.9 Å². The van der Waals surface area contributed by atoms with Gasteiger partial charge >= 0.3 is 0 Å². The third-order valence-corrected chi connectivity index (χ3v) is 2.29. The number of nitrogens with zero attached hydrogens (tertiary/aromatic N) is 1. The van der Waals surface area contributed by atoms with Gasteiger partial charge in [-0.15, -0.1) is 0 Å². The van der Waals surface area contributed by atoms with Gasteiger partial charge in [-0.2, -0.15) is 0 Å². The van der Waals surface area contributed by atoms with Crippen LogP contribution < -0.4 is 10.2 Å². The Kier molecular flexibility index (Phi) is 4.79. The van der Waals surface area contributed by atoms with Gasteiger partial charge in [0.15, 0.2) is 0 Å². The maximum atomic E-state index is 11.4. The van der Waals surface area contributed by atoms with E-state index in [1.165, 1.54) is 5.56 Å². The molecule has 0 atom stereocenters. The maximum absolute atomic E-state index is 11.4. The molecule has 0 aliphatic rings. The van der Waals surface area contributed by atoms with E-state index in [0.717, 1.165) is 5.69 Å². The molecule has 0 bridgehead atoms. The molecule has 0 aromatic heterocycles. The molecule has 88 valence electrons. The van der Waals surface area contributed by atoms with Gasteiger partial charge < -0.3 is 15.3 Å². The van der Waals surface area contributed by atoms with E-state index in [-0.39, 0.29) is 12.5 Å². The van der Waals surface area contributed by atoms with Crippen molar-refractivity contribution in [2.24, 2.45) is 0 Å². The minimum atomic E-state index is -0.0860. The molecule has 0 saturated heterocycles. The zero-order valence-electron chi connectivity index (χ0n) is 9.73. The SMILES string of the molecule is Cc1ccc(N(C)CC(=O)NCCO)cc1. The van der Waals surface area contributed by atoms with Gasteiger partial charge in [0.2, 0.25) is 5.91 Å². The first-order valence-electron chi connectivity index (χ1n) is 5.29. The molecule has 0 aliphatic carbocycles. The number of hydrogen-bond acceptors (Lipinski definition) is 3. The highest BCUT2D eigenvalue weighted by Crippen LogP contribution is 2.12. The lowest BCUT2D eigenvalue weighted by Crippen LogP contribution is -2.36. The number of benzene rings is 1. The number of amides is 1. The van der Waals surface area contributed by atoms with E-state index in [1.807, 2.05) is 43.1 Å². The molecule has 4 heteroatoms. The van der Waals surface area contributed by atoms with Crippen LogP contribution in [0, 0.1) is 6.92 Å². The monoisotopic (exact) mass is 222 g/mol. The molecule has 0 fully saturated rings. The predicted molar refractivity (Wildman–Crippen MR) is 64.5 cm³/mol. The second kappa shape index (κ2) is 6.12. The van der Waals surface area contributed by atoms with E-state index in [0.29, 0.717) is 13.1 Å². The van der Waals surface area contributed by atoms with E-state index in [1.54, 1.807) is 0 Å². The molecular formula is C12H18N2O2. The van der Waals surface area contributed by atoms with Crippen LogP contribution in [0.5, 0.6) is 0 Å². The van der Waals surface area contributed by atoms with Gasteiger partial charge in [0, 0.05) is 19.3 Å². The number of carbonyl (C=O) groups excluding carboxylic acids is 1. The van der Waals surface area contributed by atoms with E-state index >= 15 is 0 Å². The van der Waals surface area contributed by atoms with Crippen molar-refractivity contribution < 1.29 is 9.90 Å². The molecule has 1 aromatic carbocycles. The molecule has 2 N–H and O–H groups in total. The molecule has 0 unspecified atom stereocenters. The summed E-state index contributed by atoms with van der Waals surface area (Å²) in [6, 6.07) is 7.98. The Morgan fingerprint density at radius 2 is 2.00 bits per heavy atom. The standard InChI is InChI=1S/C12H18N2O2/c1-10-3-5-11(6-4-10)14(2)9-12(16)13-7-8-15/h3-6,15H,7-9H2,1-2H3,(H,13,16). The number of aryl methyl sites for hydroxylation is 1. The number of likely N-dealkylation sites (N-methyl/N-ethyl adjacent to an activating group) is 1. The van der Waals surface area contributed by atoms with E-state index in [4.69, 9.17) is 5.11 Å². The maximum Gasteiger partial charge on any atom is 0.239 e. The van der Waals surface area contributed by atoms with Crippen LogP contribution >= 0.6 is 0 Å². The second-order valence-corrected chi connectivity index (χ2v) is 3.77. The molecule has 1 rings (SSSR count). The minimum Gasteiger partial charge on any atom is -0.395 e. The fourth-order valence-corrected chi connectivity index (χ4v) is 1.36. The van der Waals surface area contributed by atoms with Crippen molar-refractivity contribution in [3.05, 3.63) is 29.8 Å². The first-order chi connectivity index (χ1) is 7.63. The van der Waals surface area contributed by atoms with Gasteiger partial charge in [-0.25, -0.2) is 0 Å². The number of hydrogen-bond donors (Lipinski definition) is 2. The Hall–Kier alpha value is -1.55. The molecule has 0 saturated carbocycles. The van der Waals surface area contributed by atoms with Gasteiger partial charge in [0.1, 0.15) is 0 Å². The Morgan fingerprint density at radius 1 is 1.38 bits per heavy atom. The Morgan fingerprint density at radius 3 is 2.56 bits per heavy atom. The summed E-state index contributed by atoms with van der Waals surface area (Å²) in [5, 5.41) is 11.2. The molecule has 0 spiro atoms. The third-order valence-electron chi connectivity index (χ3n) is 2.29. The van der Waals surface area contributed by atoms with Gasteiger partial charge in [0.25, 0.3) is 0 Å². The number of nitrogens with one attached hydrogen (secondary N) is 1. The lowest BCUT2D eigenvalue weighted by molar-refractivity contribution is -0.119. The van der Waals surface area contributed by atoms with Crippen LogP contribution in [0.1, 0.15) is 5.56 Å². The molecule has 0 radical (unpaired) electrons. The van der Waals surface area contributed by atoms with Crippen LogP contribution in [0.3, 0.4) is 0 Å². The summed E-state index contributed by atoms with van der Waals surface area (Å²) >= 11 is 0. The lowest BCUT2D eigenvalue weighted by atomic mass is 10.2. The first-order valence-corrected chi connectivity index (χ1v) is 5.29. The predicted octanol–water partition coefficient (Wildman–Crippen LogP) is 0.540. The quantitative estimate of drug-likeness (QED) is 0.764. The minimum absolute atomic E-state index is 0.0278. The average molecular weight is 222 g/mol. The molecule has 1 aromatic rings. The number of carbonyl (C=O) groups is 1. The fourth-order valence-electron chi connectivity index (χ4n) is 1.36. The van der Waals surface area contributed by atoms with Crippen LogP contribution in [0.25, 0.3) is 0 Å². The van der Waals surface area contributed by atoms with E-state index < -0.39 is 0 Å². The first kappa shape index (κ1) is 12.5. The lowest BCUT2D eigenvalue weighted by Gasteiger charge is -2.18. The normalized spacial score (nSPS) is 9.94. The summed E-state index contributed by atoms with van der Waals surface area (Å²) in [5.74, 6) is -0.0860. The van der Waals surface area contributed by atoms with Crippen molar-refractivity contribution in [3.8, 4) is 0 Å². The van der Waals surface area contributed by atoms with Crippen molar-refractivity contribution in [3.63, 3.8) is 0 Å². The van der Waals surface area contributed by atoms with Gasteiger partial charge in [-0.1, -0.05) is 17.7 Å². The van der Waals surface area contributed by atoms with Gasteiger partial charge in [-0.05, 0) is 19.1 Å². The molecule has 0 heterocycles. The smallest absolute Gasteiger partial charge is 0.239 e. The van der Waals surface area contributed by atoms with Crippen LogP contribution in [-0.2, 0) is 4.79 Å². The van der Waals surface area contributed by atoms with Crippen LogP contribution in [0.4, 0.5) is 5.69 Å². The van der Waals surface area contributed by atoms with E-state index in [2.05, 4.69) is 5.32 Å². The van der Waals surface area contributed by atoms with Crippen molar-refractivity contribution in [1.82, 2.24) is 5.32 Å². The van der Waals surface area contributed by atoms with Crippen molar-refractivity contribution in [2.45, 2.75) is 6.92 Å². The summed E-state index contributed by atoms with van der Waals surface area (Å²) in [7, 11) is 1.86. The third kappa shape index (κ3) is 3.90. The highest BCUT2D eigenvalue weighted by atomic mass is 16.3. The summed E-state index contributed by atoms with van der Waals surface area (Å²) in [6.45, 7) is 2.60. The van der Waals surface area contributed by atoms with Crippen LogP contribution in [0.15, 0.2) is 24.3 Å². The van der Waals surface area contributed by atoms with Crippen molar-refractivity contribution in [2.75, 3.05) is 31.6 Å². The van der Waals surface area contributed by atoms with E-state index in [9.17, 15) is 4.79 Å². The van der Waals surface area contributed by atoms with Crippen molar-refractivity contribution in [1.29, 1.82) is 0 Å². The Bertz CT molecular complexity index is 335. The molecule has 4 nitrogen and oxygen atoms in total. The highest BCUT2D eigenvalue weighted by Gasteiger charge is 2.06. The topological polar surface area (TPSA) is 52.6 Å². The van der Waals surface area contributed by atoms with Gasteiger partial charge in [-0.3, -0.25) is 4.79 Å². The molecule has 0 aliphatic heterocycles. The summed E-state index contributed by atoms with van der Waals surface area (Å²) in [5.41, 5.74) is 2.20.